The van der Waals surface area contributed by atoms with Gasteiger partial charge in [-0.1, -0.05) is 23.3 Å². The highest BCUT2D eigenvalue weighted by atomic mass is 16.4. The van der Waals surface area contributed by atoms with Crippen LogP contribution < -0.4 is 0 Å². The molecule has 0 aromatic carbocycles. The van der Waals surface area contributed by atoms with Gasteiger partial charge >= 0.3 is 5.97 Å². The summed E-state index contributed by atoms with van der Waals surface area (Å²) in [4.78, 5) is 11.3. The Morgan fingerprint density at radius 1 is 1.21 bits per heavy atom. The first kappa shape index (κ1) is 20.2. The smallest absolute Gasteiger partial charge is 0.306 e. The van der Waals surface area contributed by atoms with E-state index in [1.807, 2.05) is 19.1 Å². The molecule has 0 bridgehead atoms. The second-order valence-electron chi connectivity index (χ2n) is 6.43. The summed E-state index contributed by atoms with van der Waals surface area (Å²) in [6, 6.07) is 1.98. The van der Waals surface area contributed by atoms with Crippen LogP contribution in [-0.4, -0.2) is 22.8 Å². The fraction of sp³-hybridized carbons (Fsp3) is 0.550. The number of rotatable bonds is 12. The Labute approximate surface area is 144 Å². The number of aliphatic carboxylic acids is 1. The summed E-state index contributed by atoms with van der Waals surface area (Å²) in [5.41, 5.74) is 3.42. The topological polar surface area (TPSA) is 70.7 Å². The molecule has 1 heterocycles. The van der Waals surface area contributed by atoms with Gasteiger partial charge in [0.15, 0.2) is 0 Å². The van der Waals surface area contributed by atoms with E-state index in [-0.39, 0.29) is 12.5 Å². The minimum absolute atomic E-state index is 0.0422. The third kappa shape index (κ3) is 8.73. The Morgan fingerprint density at radius 2 is 1.96 bits per heavy atom. The molecule has 1 aromatic heterocycles. The monoisotopic (exact) mass is 334 g/mol. The molecule has 1 unspecified atom stereocenters. The van der Waals surface area contributed by atoms with Gasteiger partial charge in [0.25, 0.3) is 0 Å². The van der Waals surface area contributed by atoms with Crippen LogP contribution in [0.15, 0.2) is 46.3 Å². The van der Waals surface area contributed by atoms with Gasteiger partial charge < -0.3 is 14.6 Å². The van der Waals surface area contributed by atoms with E-state index in [1.165, 1.54) is 11.1 Å². The number of carboxylic acids is 1. The summed E-state index contributed by atoms with van der Waals surface area (Å²) < 4.78 is 5.05. The van der Waals surface area contributed by atoms with E-state index in [2.05, 4.69) is 13.0 Å². The van der Waals surface area contributed by atoms with Crippen molar-refractivity contribution < 1.29 is 19.4 Å². The SMILES string of the molecule is C/C(=C/CCC(CCC/C(C)=C/CCc1ccoc1)C(=O)O)CO. The first-order chi connectivity index (χ1) is 11.5. The molecule has 2 N–H and O–H groups in total. The molecular weight excluding hydrogens is 304 g/mol. The van der Waals surface area contributed by atoms with E-state index < -0.39 is 5.97 Å². The summed E-state index contributed by atoms with van der Waals surface area (Å²) in [6.07, 6.45) is 13.5. The number of furan rings is 1. The van der Waals surface area contributed by atoms with Crippen molar-refractivity contribution >= 4 is 5.97 Å². The summed E-state index contributed by atoms with van der Waals surface area (Å²) in [5, 5.41) is 18.3. The van der Waals surface area contributed by atoms with Crippen LogP contribution in [0.25, 0.3) is 0 Å². The second kappa shape index (κ2) is 11.7. The van der Waals surface area contributed by atoms with Crippen molar-refractivity contribution in [3.63, 3.8) is 0 Å². The van der Waals surface area contributed by atoms with E-state index in [1.54, 1.807) is 12.5 Å². The average molecular weight is 334 g/mol. The molecule has 1 atom stereocenters. The second-order valence-corrected chi connectivity index (χ2v) is 6.43. The summed E-state index contributed by atoms with van der Waals surface area (Å²) in [7, 11) is 0. The Kier molecular flexibility index (Phi) is 9.85. The third-order valence-corrected chi connectivity index (χ3v) is 4.24. The van der Waals surface area contributed by atoms with Crippen molar-refractivity contribution in [3.05, 3.63) is 47.5 Å². The molecule has 4 heteroatoms. The maximum absolute atomic E-state index is 11.3. The van der Waals surface area contributed by atoms with Crippen molar-refractivity contribution in [2.24, 2.45) is 5.92 Å². The summed E-state index contributed by atoms with van der Waals surface area (Å²) in [6.45, 7) is 4.01. The third-order valence-electron chi connectivity index (χ3n) is 4.24. The van der Waals surface area contributed by atoms with Crippen LogP contribution in [-0.2, 0) is 11.2 Å². The highest BCUT2D eigenvalue weighted by molar-refractivity contribution is 5.69. The minimum atomic E-state index is -0.716. The average Bonchev–Trinajstić information content (AvgIpc) is 3.06. The molecule has 0 spiro atoms. The largest absolute Gasteiger partial charge is 0.481 e. The number of aliphatic hydroxyl groups excluding tert-OH is 1. The summed E-state index contributed by atoms with van der Waals surface area (Å²) >= 11 is 0. The molecule has 1 rings (SSSR count). The molecule has 0 aliphatic heterocycles. The Morgan fingerprint density at radius 3 is 2.58 bits per heavy atom. The number of allylic oxidation sites excluding steroid dienone is 3. The van der Waals surface area contributed by atoms with Crippen LogP contribution >= 0.6 is 0 Å². The Hall–Kier alpha value is -1.81. The van der Waals surface area contributed by atoms with Gasteiger partial charge in [0.05, 0.1) is 25.1 Å². The zero-order chi connectivity index (χ0) is 17.8. The molecule has 0 aliphatic carbocycles. The van der Waals surface area contributed by atoms with Crippen molar-refractivity contribution in [2.45, 2.75) is 58.8 Å². The van der Waals surface area contributed by atoms with Crippen LogP contribution in [0.5, 0.6) is 0 Å². The lowest BCUT2D eigenvalue weighted by Gasteiger charge is -2.11. The number of carboxylic acid groups (broad SMARTS) is 1. The highest BCUT2D eigenvalue weighted by Crippen LogP contribution is 2.19. The molecule has 0 radical (unpaired) electrons. The molecule has 0 saturated carbocycles. The standard InChI is InChI=1S/C20H30O4/c1-16(6-3-9-18-12-13-24-15-18)7-4-10-19(20(22)23)11-5-8-17(2)14-21/h6,8,12-13,15,19,21H,3-5,7,9-11,14H2,1-2H3,(H,22,23)/b16-6+,17-8-. The van der Waals surface area contributed by atoms with Crippen molar-refractivity contribution in [2.75, 3.05) is 6.61 Å². The fourth-order valence-electron chi connectivity index (χ4n) is 2.64. The van der Waals surface area contributed by atoms with Crippen LogP contribution in [0.2, 0.25) is 0 Å². The lowest BCUT2D eigenvalue weighted by atomic mass is 9.95. The molecular formula is C20H30O4. The van der Waals surface area contributed by atoms with E-state index in [0.29, 0.717) is 19.3 Å². The van der Waals surface area contributed by atoms with Crippen molar-refractivity contribution in [3.8, 4) is 0 Å². The molecule has 1 aromatic rings. The molecule has 134 valence electrons. The van der Waals surface area contributed by atoms with Crippen LogP contribution in [0.3, 0.4) is 0 Å². The van der Waals surface area contributed by atoms with Gasteiger partial charge in [-0.25, -0.2) is 0 Å². The van der Waals surface area contributed by atoms with Gasteiger partial charge in [0, 0.05) is 0 Å². The van der Waals surface area contributed by atoms with E-state index >= 15 is 0 Å². The molecule has 24 heavy (non-hydrogen) atoms. The van der Waals surface area contributed by atoms with Gasteiger partial charge in [-0.3, -0.25) is 4.79 Å². The molecule has 0 amide bonds. The molecule has 0 fully saturated rings. The van der Waals surface area contributed by atoms with E-state index in [9.17, 15) is 9.90 Å². The number of hydrogen-bond acceptors (Lipinski definition) is 3. The van der Waals surface area contributed by atoms with Crippen LogP contribution in [0.4, 0.5) is 0 Å². The minimum Gasteiger partial charge on any atom is -0.481 e. The predicted molar refractivity (Wildman–Crippen MR) is 95.8 cm³/mol. The first-order valence-corrected chi connectivity index (χ1v) is 8.69. The van der Waals surface area contributed by atoms with Gasteiger partial charge in [0.2, 0.25) is 0 Å². The predicted octanol–water partition coefficient (Wildman–Crippen LogP) is 4.75. The molecule has 0 saturated heterocycles. The lowest BCUT2D eigenvalue weighted by Crippen LogP contribution is -2.13. The van der Waals surface area contributed by atoms with Crippen LogP contribution in [0.1, 0.15) is 57.9 Å². The number of aliphatic hydroxyl groups is 1. The Balaban J connectivity index is 2.26. The highest BCUT2D eigenvalue weighted by Gasteiger charge is 2.15. The Bertz CT molecular complexity index is 526. The molecule has 0 aliphatic rings. The number of aryl methyl sites for hydroxylation is 1. The zero-order valence-corrected chi connectivity index (χ0v) is 14.8. The fourth-order valence-corrected chi connectivity index (χ4v) is 2.64. The van der Waals surface area contributed by atoms with E-state index in [4.69, 9.17) is 9.52 Å². The zero-order valence-electron chi connectivity index (χ0n) is 14.8. The maximum Gasteiger partial charge on any atom is 0.306 e. The van der Waals surface area contributed by atoms with Gasteiger partial charge in [-0.05, 0) is 70.4 Å². The number of carbonyl (C=O) groups is 1. The van der Waals surface area contributed by atoms with Crippen molar-refractivity contribution in [1.82, 2.24) is 0 Å². The lowest BCUT2D eigenvalue weighted by molar-refractivity contribution is -0.142. The van der Waals surface area contributed by atoms with Gasteiger partial charge in [-0.2, -0.15) is 0 Å². The van der Waals surface area contributed by atoms with Crippen molar-refractivity contribution in [1.29, 1.82) is 0 Å². The number of hydrogen-bond donors (Lipinski definition) is 2. The summed E-state index contributed by atoms with van der Waals surface area (Å²) in [5.74, 6) is -1.02. The first-order valence-electron chi connectivity index (χ1n) is 8.69. The van der Waals surface area contributed by atoms with Crippen LogP contribution in [0, 0.1) is 5.92 Å². The molecule has 4 nitrogen and oxygen atoms in total. The van der Waals surface area contributed by atoms with E-state index in [0.717, 1.165) is 31.3 Å². The maximum atomic E-state index is 11.3. The van der Waals surface area contributed by atoms with Gasteiger partial charge in [0.1, 0.15) is 0 Å². The quantitative estimate of drug-likeness (QED) is 0.541. The van der Waals surface area contributed by atoms with Gasteiger partial charge in [-0.15, -0.1) is 0 Å². The normalized spacial score (nSPS) is 14.0.